The fraction of sp³-hybridized carbons (Fsp3) is 0.222. The maximum atomic E-state index is 13.3. The number of rotatable bonds is 2. The molecule has 80 valence electrons. The van der Waals surface area contributed by atoms with E-state index in [1.165, 1.54) is 6.92 Å². The van der Waals surface area contributed by atoms with E-state index in [0.29, 0.717) is 6.07 Å². The average molecular weight is 213 g/mol. The summed E-state index contributed by atoms with van der Waals surface area (Å²) in [5.41, 5.74) is -0.491. The van der Waals surface area contributed by atoms with Crippen molar-refractivity contribution in [1.29, 1.82) is 0 Å². The summed E-state index contributed by atoms with van der Waals surface area (Å²) in [6.45, 7) is 1.41. The summed E-state index contributed by atoms with van der Waals surface area (Å²) in [5, 5.41) is 10.4. The minimum Gasteiger partial charge on any atom is -0.465 e. The number of carbonyl (C=O) groups is 1. The molecule has 0 aliphatic rings. The minimum absolute atomic E-state index is 0.175. The zero-order valence-electron chi connectivity index (χ0n) is 8.11. The largest absolute Gasteiger partial charge is 0.465 e. The van der Waals surface area contributed by atoms with E-state index in [2.05, 4.69) is 4.74 Å². The molecule has 5 nitrogen and oxygen atoms in total. The van der Waals surface area contributed by atoms with Crippen LogP contribution in [0.2, 0.25) is 0 Å². The van der Waals surface area contributed by atoms with Crippen LogP contribution in [0.25, 0.3) is 0 Å². The summed E-state index contributed by atoms with van der Waals surface area (Å²) < 4.78 is 17.7. The van der Waals surface area contributed by atoms with E-state index in [1.807, 2.05) is 0 Å². The van der Waals surface area contributed by atoms with Gasteiger partial charge in [-0.3, -0.25) is 10.1 Å². The summed E-state index contributed by atoms with van der Waals surface area (Å²) in [4.78, 5) is 20.8. The van der Waals surface area contributed by atoms with Crippen LogP contribution in [0.15, 0.2) is 12.1 Å². The maximum absolute atomic E-state index is 13.3. The topological polar surface area (TPSA) is 69.4 Å². The third-order valence-corrected chi connectivity index (χ3v) is 1.87. The molecule has 1 aromatic rings. The summed E-state index contributed by atoms with van der Waals surface area (Å²) in [6, 6.07) is 1.81. The lowest BCUT2D eigenvalue weighted by Crippen LogP contribution is -2.07. The first kappa shape index (κ1) is 11.1. The van der Waals surface area contributed by atoms with E-state index in [0.717, 1.165) is 13.2 Å². The van der Waals surface area contributed by atoms with Gasteiger partial charge in [-0.2, -0.15) is 0 Å². The fourth-order valence-electron chi connectivity index (χ4n) is 1.19. The molecule has 0 unspecified atom stereocenters. The van der Waals surface area contributed by atoms with Crippen molar-refractivity contribution in [3.8, 4) is 0 Å². The standard InChI is InChI=1S/C9H8FNO4/c1-5-3-6(11(13)14)4-7(10)8(5)9(12)15-2/h3-4H,1-2H3. The van der Waals surface area contributed by atoms with Crippen molar-refractivity contribution in [2.75, 3.05) is 7.11 Å². The molecule has 0 atom stereocenters. The Hall–Kier alpha value is -1.98. The zero-order valence-corrected chi connectivity index (χ0v) is 8.11. The Balaban J connectivity index is 3.33. The molecule has 0 saturated carbocycles. The van der Waals surface area contributed by atoms with Crippen LogP contribution >= 0.6 is 0 Å². The first-order chi connectivity index (χ1) is 6.97. The Bertz CT molecular complexity index is 407. The van der Waals surface area contributed by atoms with Crippen LogP contribution in [0.5, 0.6) is 0 Å². The molecular formula is C9H8FNO4. The Morgan fingerprint density at radius 1 is 1.53 bits per heavy atom. The highest BCUT2D eigenvalue weighted by atomic mass is 19.1. The number of nitrogens with zero attached hydrogens (tertiary/aromatic N) is 1. The lowest BCUT2D eigenvalue weighted by atomic mass is 10.1. The third-order valence-electron chi connectivity index (χ3n) is 1.87. The van der Waals surface area contributed by atoms with Gasteiger partial charge in [-0.25, -0.2) is 9.18 Å². The monoisotopic (exact) mass is 213 g/mol. The van der Waals surface area contributed by atoms with Gasteiger partial charge in [0.05, 0.1) is 23.7 Å². The molecule has 0 heterocycles. The first-order valence-corrected chi connectivity index (χ1v) is 4.00. The molecule has 0 aliphatic carbocycles. The van der Waals surface area contributed by atoms with E-state index in [4.69, 9.17) is 0 Å². The van der Waals surface area contributed by atoms with Crippen LogP contribution < -0.4 is 0 Å². The van der Waals surface area contributed by atoms with E-state index in [9.17, 15) is 19.3 Å². The van der Waals surface area contributed by atoms with Gasteiger partial charge in [0.2, 0.25) is 0 Å². The van der Waals surface area contributed by atoms with E-state index < -0.39 is 22.4 Å². The number of hydrogen-bond acceptors (Lipinski definition) is 4. The second kappa shape index (κ2) is 4.04. The number of carbonyl (C=O) groups excluding carboxylic acids is 1. The van der Waals surface area contributed by atoms with Crippen molar-refractivity contribution in [2.45, 2.75) is 6.92 Å². The van der Waals surface area contributed by atoms with Gasteiger partial charge in [-0.1, -0.05) is 0 Å². The normalized spacial score (nSPS) is 9.80. The van der Waals surface area contributed by atoms with Crippen molar-refractivity contribution in [1.82, 2.24) is 0 Å². The van der Waals surface area contributed by atoms with Gasteiger partial charge in [0, 0.05) is 6.07 Å². The van der Waals surface area contributed by atoms with Crippen molar-refractivity contribution in [3.05, 3.63) is 39.2 Å². The van der Waals surface area contributed by atoms with Gasteiger partial charge in [0.1, 0.15) is 5.82 Å². The quantitative estimate of drug-likeness (QED) is 0.427. The Kier molecular flexibility index (Phi) is 2.99. The molecule has 1 rings (SSSR count). The van der Waals surface area contributed by atoms with Crippen molar-refractivity contribution < 1.29 is 18.8 Å². The van der Waals surface area contributed by atoms with Crippen LogP contribution in [-0.2, 0) is 4.74 Å². The van der Waals surface area contributed by atoms with Gasteiger partial charge in [0.25, 0.3) is 5.69 Å². The van der Waals surface area contributed by atoms with Crippen LogP contribution in [0, 0.1) is 22.9 Å². The van der Waals surface area contributed by atoms with Gasteiger partial charge in [-0.05, 0) is 12.5 Å². The number of benzene rings is 1. The molecule has 1 aromatic carbocycles. The Morgan fingerprint density at radius 2 is 2.13 bits per heavy atom. The second-order valence-corrected chi connectivity index (χ2v) is 2.87. The highest BCUT2D eigenvalue weighted by Crippen LogP contribution is 2.21. The predicted molar refractivity (Wildman–Crippen MR) is 49.1 cm³/mol. The highest BCUT2D eigenvalue weighted by Gasteiger charge is 2.19. The number of esters is 1. The molecule has 0 N–H and O–H groups in total. The Labute approximate surface area is 84.6 Å². The molecule has 0 fully saturated rings. The number of non-ortho nitro benzene ring substituents is 1. The molecule has 15 heavy (non-hydrogen) atoms. The number of hydrogen-bond donors (Lipinski definition) is 0. The second-order valence-electron chi connectivity index (χ2n) is 2.87. The zero-order chi connectivity index (χ0) is 11.6. The Morgan fingerprint density at radius 3 is 2.53 bits per heavy atom. The number of halogens is 1. The van der Waals surface area contributed by atoms with E-state index >= 15 is 0 Å². The summed E-state index contributed by atoms with van der Waals surface area (Å²) in [5.74, 6) is -1.80. The van der Waals surface area contributed by atoms with Gasteiger partial charge in [0.15, 0.2) is 0 Å². The number of aryl methyl sites for hydroxylation is 1. The van der Waals surface area contributed by atoms with E-state index in [-0.39, 0.29) is 11.1 Å². The molecule has 0 amide bonds. The number of nitro groups is 1. The highest BCUT2D eigenvalue weighted by molar-refractivity contribution is 5.91. The van der Waals surface area contributed by atoms with Crippen molar-refractivity contribution in [3.63, 3.8) is 0 Å². The predicted octanol–water partition coefficient (Wildman–Crippen LogP) is 1.83. The van der Waals surface area contributed by atoms with Gasteiger partial charge in [-0.15, -0.1) is 0 Å². The maximum Gasteiger partial charge on any atom is 0.341 e. The summed E-state index contributed by atoms with van der Waals surface area (Å²) in [6.07, 6.45) is 0. The minimum atomic E-state index is -0.950. The molecule has 0 spiro atoms. The molecular weight excluding hydrogens is 205 g/mol. The summed E-state index contributed by atoms with van der Waals surface area (Å²) >= 11 is 0. The van der Waals surface area contributed by atoms with Gasteiger partial charge < -0.3 is 4.74 Å². The molecule has 0 radical (unpaired) electrons. The summed E-state index contributed by atoms with van der Waals surface area (Å²) in [7, 11) is 1.11. The fourth-order valence-corrected chi connectivity index (χ4v) is 1.19. The van der Waals surface area contributed by atoms with Crippen LogP contribution in [-0.4, -0.2) is 18.0 Å². The molecule has 0 aromatic heterocycles. The lowest BCUT2D eigenvalue weighted by Gasteiger charge is -2.04. The smallest absolute Gasteiger partial charge is 0.341 e. The van der Waals surface area contributed by atoms with Crippen molar-refractivity contribution in [2.24, 2.45) is 0 Å². The number of nitro benzene ring substituents is 1. The molecule has 0 saturated heterocycles. The average Bonchev–Trinajstić information content (AvgIpc) is 2.16. The van der Waals surface area contributed by atoms with Crippen molar-refractivity contribution >= 4 is 11.7 Å². The molecule has 6 heteroatoms. The molecule has 0 bridgehead atoms. The number of ether oxygens (including phenoxy) is 1. The SMILES string of the molecule is COC(=O)c1c(C)cc([N+](=O)[O-])cc1F. The lowest BCUT2D eigenvalue weighted by molar-refractivity contribution is -0.385. The van der Waals surface area contributed by atoms with Crippen LogP contribution in [0.3, 0.4) is 0 Å². The van der Waals surface area contributed by atoms with Crippen LogP contribution in [0.1, 0.15) is 15.9 Å². The molecule has 0 aliphatic heterocycles. The first-order valence-electron chi connectivity index (χ1n) is 4.00. The van der Waals surface area contributed by atoms with Gasteiger partial charge >= 0.3 is 5.97 Å². The third kappa shape index (κ3) is 2.09. The van der Waals surface area contributed by atoms with E-state index in [1.54, 1.807) is 0 Å². The number of methoxy groups -OCH3 is 1. The van der Waals surface area contributed by atoms with Crippen LogP contribution in [0.4, 0.5) is 10.1 Å².